The first-order chi connectivity index (χ1) is 15.6. The van der Waals surface area contributed by atoms with Gasteiger partial charge >= 0.3 is 0 Å². The summed E-state index contributed by atoms with van der Waals surface area (Å²) in [7, 11) is 0. The summed E-state index contributed by atoms with van der Waals surface area (Å²) < 4.78 is 32.1. The highest BCUT2D eigenvalue weighted by atomic mass is 19.3. The summed E-state index contributed by atoms with van der Waals surface area (Å²) in [4.78, 5) is 13.3. The molecule has 0 spiro atoms. The Morgan fingerprint density at radius 3 is 2.67 bits per heavy atom. The van der Waals surface area contributed by atoms with Crippen LogP contribution in [-0.2, 0) is 11.3 Å². The van der Waals surface area contributed by atoms with Gasteiger partial charge in [0.2, 0.25) is 0 Å². The number of fused-ring (bicyclic) bond motifs is 8. The van der Waals surface area contributed by atoms with Crippen LogP contribution < -0.4 is 0 Å². The standard InChI is InChI=1S/C26H33F2N3O2/c1-24(33)7-5-15-16-6-8-25(2)18(20(32)13-31-12-14(10-29)11-30-31)3-4-19(25)21(16)23-22(17(15)9-24)26(23,27)28/h11-12,15-19,21-23,33H,3-9,13H2,1-2H3/t15-,16-,17-,18-,19+,21-,22?,23?,24-,25-/m1/s1. The monoisotopic (exact) mass is 457 g/mol. The number of halogens is 2. The Morgan fingerprint density at radius 1 is 1.18 bits per heavy atom. The molecule has 7 heteroatoms. The van der Waals surface area contributed by atoms with Crippen molar-refractivity contribution in [1.29, 1.82) is 5.26 Å². The van der Waals surface area contributed by atoms with Gasteiger partial charge in [-0.25, -0.2) is 8.78 Å². The lowest BCUT2D eigenvalue weighted by Gasteiger charge is -2.56. The van der Waals surface area contributed by atoms with Crippen LogP contribution in [0.4, 0.5) is 8.78 Å². The van der Waals surface area contributed by atoms with Crippen LogP contribution in [0.2, 0.25) is 0 Å². The molecule has 178 valence electrons. The molecule has 33 heavy (non-hydrogen) atoms. The Labute approximate surface area is 193 Å². The maximum atomic E-state index is 15.3. The molecule has 5 fully saturated rings. The van der Waals surface area contributed by atoms with E-state index in [-0.39, 0.29) is 47.3 Å². The second kappa shape index (κ2) is 6.87. The Hall–Kier alpha value is -1.81. The fourth-order valence-electron chi connectivity index (χ4n) is 9.35. The zero-order valence-corrected chi connectivity index (χ0v) is 19.4. The van der Waals surface area contributed by atoms with Crippen molar-refractivity contribution in [2.24, 2.45) is 52.8 Å². The molecule has 6 rings (SSSR count). The molecule has 1 N–H and O–H groups in total. The molecule has 1 heterocycles. The fourth-order valence-corrected chi connectivity index (χ4v) is 9.35. The third-order valence-electron chi connectivity index (χ3n) is 10.7. The van der Waals surface area contributed by atoms with Crippen LogP contribution in [0.3, 0.4) is 0 Å². The molecule has 0 aliphatic heterocycles. The van der Waals surface area contributed by atoms with Crippen molar-refractivity contribution in [3.05, 3.63) is 18.0 Å². The van der Waals surface area contributed by atoms with Crippen molar-refractivity contribution in [3.63, 3.8) is 0 Å². The van der Waals surface area contributed by atoms with Gasteiger partial charge in [0.1, 0.15) is 6.07 Å². The molecule has 1 aromatic rings. The smallest absolute Gasteiger partial charge is 0.255 e. The van der Waals surface area contributed by atoms with Gasteiger partial charge in [-0.3, -0.25) is 9.48 Å². The second-order valence-electron chi connectivity index (χ2n) is 12.3. The lowest BCUT2D eigenvalue weighted by atomic mass is 9.49. The van der Waals surface area contributed by atoms with Crippen molar-refractivity contribution in [2.45, 2.75) is 76.9 Å². The zero-order valence-electron chi connectivity index (χ0n) is 19.4. The second-order valence-corrected chi connectivity index (χ2v) is 12.3. The lowest BCUT2D eigenvalue weighted by Crippen LogP contribution is -2.52. The first kappa shape index (κ1) is 21.7. The number of aromatic nitrogens is 2. The number of rotatable bonds is 3. The number of hydrogen-bond acceptors (Lipinski definition) is 4. The van der Waals surface area contributed by atoms with Crippen molar-refractivity contribution < 1.29 is 18.7 Å². The number of nitrogens with zero attached hydrogens (tertiary/aromatic N) is 3. The van der Waals surface area contributed by atoms with Gasteiger partial charge < -0.3 is 5.11 Å². The van der Waals surface area contributed by atoms with E-state index in [9.17, 15) is 9.90 Å². The highest BCUT2D eigenvalue weighted by Crippen LogP contribution is 2.77. The zero-order chi connectivity index (χ0) is 23.3. The lowest BCUT2D eigenvalue weighted by molar-refractivity contribution is -0.133. The fraction of sp³-hybridized carbons (Fsp3) is 0.808. The summed E-state index contributed by atoms with van der Waals surface area (Å²) in [6.45, 7) is 4.14. The van der Waals surface area contributed by atoms with Crippen LogP contribution in [-0.4, -0.2) is 32.2 Å². The quantitative estimate of drug-likeness (QED) is 0.728. The van der Waals surface area contributed by atoms with E-state index in [4.69, 9.17) is 5.26 Å². The topological polar surface area (TPSA) is 78.9 Å². The van der Waals surface area contributed by atoms with E-state index in [1.54, 1.807) is 6.20 Å². The molecule has 0 amide bonds. The Morgan fingerprint density at radius 2 is 1.94 bits per heavy atom. The van der Waals surface area contributed by atoms with Gasteiger partial charge in [0.25, 0.3) is 5.92 Å². The van der Waals surface area contributed by atoms with E-state index in [0.717, 1.165) is 32.1 Å². The summed E-state index contributed by atoms with van der Waals surface area (Å²) in [6, 6.07) is 2.04. The predicted molar refractivity (Wildman–Crippen MR) is 116 cm³/mol. The molecule has 0 radical (unpaired) electrons. The summed E-state index contributed by atoms with van der Waals surface area (Å²) in [5.41, 5.74) is -0.618. The van der Waals surface area contributed by atoms with Crippen LogP contribution in [0.15, 0.2) is 12.4 Å². The molecule has 1 aromatic heterocycles. The molecular weight excluding hydrogens is 424 g/mol. The SMILES string of the molecule is C[C@@]1(O)CC[C@@H]2[C@H]3CC[C@]4(C)[C@@H](C(=O)Cn5cc(C#N)cn5)CC[C@H]4[C@@H]3C3C([C@@H]2C1)C3(F)F. The molecule has 2 unspecified atom stereocenters. The van der Waals surface area contributed by atoms with Gasteiger partial charge in [-0.15, -0.1) is 0 Å². The van der Waals surface area contributed by atoms with E-state index in [2.05, 4.69) is 12.0 Å². The van der Waals surface area contributed by atoms with E-state index >= 15 is 8.78 Å². The van der Waals surface area contributed by atoms with E-state index < -0.39 is 23.4 Å². The molecule has 5 saturated carbocycles. The van der Waals surface area contributed by atoms with Crippen LogP contribution in [0.5, 0.6) is 0 Å². The molecule has 0 saturated heterocycles. The first-order valence-corrected chi connectivity index (χ1v) is 12.6. The van der Waals surface area contributed by atoms with Gasteiger partial charge in [-0.1, -0.05) is 6.92 Å². The minimum absolute atomic E-state index is 0.000689. The molecule has 0 bridgehead atoms. The minimum Gasteiger partial charge on any atom is -0.390 e. The third kappa shape index (κ3) is 3.02. The normalized spacial score (nSPS) is 49.2. The summed E-state index contributed by atoms with van der Waals surface area (Å²) in [6.07, 6.45) is 8.58. The van der Waals surface area contributed by atoms with Crippen molar-refractivity contribution in [2.75, 3.05) is 0 Å². The third-order valence-corrected chi connectivity index (χ3v) is 10.7. The molecule has 5 nitrogen and oxygen atoms in total. The summed E-state index contributed by atoms with van der Waals surface area (Å²) >= 11 is 0. The number of ketones is 1. The average molecular weight is 458 g/mol. The van der Waals surface area contributed by atoms with Crippen molar-refractivity contribution >= 4 is 5.78 Å². The summed E-state index contributed by atoms with van der Waals surface area (Å²) in [5.74, 6) is -3.09. The van der Waals surface area contributed by atoms with Crippen molar-refractivity contribution in [3.8, 4) is 6.07 Å². The number of Topliss-reactive ketones (excluding diaryl/α,β-unsaturated/α-hetero) is 1. The minimum atomic E-state index is -2.63. The maximum absolute atomic E-state index is 15.3. The van der Waals surface area contributed by atoms with Gasteiger partial charge in [0.05, 0.1) is 23.9 Å². The Kier molecular flexibility index (Phi) is 4.52. The number of carbonyl (C=O) groups excluding carboxylic acids is 1. The van der Waals surface area contributed by atoms with E-state index in [0.29, 0.717) is 24.3 Å². The Bertz CT molecular complexity index is 1030. The highest BCUT2D eigenvalue weighted by Gasteiger charge is 2.80. The highest BCUT2D eigenvalue weighted by molar-refractivity contribution is 5.82. The number of carbonyl (C=O) groups is 1. The number of alkyl halides is 2. The van der Waals surface area contributed by atoms with Crippen LogP contribution in [0.1, 0.15) is 64.4 Å². The molecule has 5 aliphatic rings. The Balaban J connectivity index is 1.26. The van der Waals surface area contributed by atoms with Crippen molar-refractivity contribution in [1.82, 2.24) is 9.78 Å². The predicted octanol–water partition coefficient (Wildman–Crippen LogP) is 4.44. The average Bonchev–Trinajstić information content (AvgIpc) is 3.07. The van der Waals surface area contributed by atoms with Gasteiger partial charge in [-0.2, -0.15) is 10.4 Å². The van der Waals surface area contributed by atoms with Crippen LogP contribution in [0, 0.1) is 64.1 Å². The number of nitriles is 1. The van der Waals surface area contributed by atoms with Crippen LogP contribution >= 0.6 is 0 Å². The van der Waals surface area contributed by atoms with Crippen LogP contribution in [0.25, 0.3) is 0 Å². The molecular formula is C26H33F2N3O2. The number of aliphatic hydroxyl groups is 1. The van der Waals surface area contributed by atoms with E-state index in [1.807, 2.05) is 13.0 Å². The summed E-state index contributed by atoms with van der Waals surface area (Å²) in [5, 5.41) is 23.8. The molecule has 0 aromatic carbocycles. The van der Waals surface area contributed by atoms with E-state index in [1.165, 1.54) is 10.9 Å². The maximum Gasteiger partial charge on any atom is 0.255 e. The number of hydrogen-bond donors (Lipinski definition) is 1. The molecule has 10 atom stereocenters. The molecule has 5 aliphatic carbocycles. The first-order valence-electron chi connectivity index (χ1n) is 12.6. The van der Waals surface area contributed by atoms with Gasteiger partial charge in [0, 0.05) is 24.0 Å². The van der Waals surface area contributed by atoms with Gasteiger partial charge in [-0.05, 0) is 86.9 Å². The van der Waals surface area contributed by atoms with Gasteiger partial charge in [0.15, 0.2) is 5.78 Å². The largest absolute Gasteiger partial charge is 0.390 e.